The summed E-state index contributed by atoms with van der Waals surface area (Å²) in [5.74, 6) is -0.833. The highest BCUT2D eigenvalue weighted by molar-refractivity contribution is 9.10. The molecule has 2 aromatic carbocycles. The molecular formula is C19H18BrNO3. The third kappa shape index (κ3) is 3.22. The maximum absolute atomic E-state index is 12.9. The summed E-state index contributed by atoms with van der Waals surface area (Å²) in [4.78, 5) is 25.6. The molecule has 1 N–H and O–H groups in total. The highest BCUT2D eigenvalue weighted by Gasteiger charge is 2.52. The van der Waals surface area contributed by atoms with Crippen molar-refractivity contribution in [1.29, 1.82) is 0 Å². The summed E-state index contributed by atoms with van der Waals surface area (Å²) in [6, 6.07) is 14.6. The third-order valence-corrected chi connectivity index (χ3v) is 5.00. The van der Waals surface area contributed by atoms with Crippen molar-refractivity contribution in [2.75, 3.05) is 7.05 Å². The topological polar surface area (TPSA) is 57.6 Å². The van der Waals surface area contributed by atoms with E-state index in [4.69, 9.17) is 5.11 Å². The van der Waals surface area contributed by atoms with Crippen molar-refractivity contribution >= 4 is 27.8 Å². The second-order valence-corrected chi connectivity index (χ2v) is 7.17. The van der Waals surface area contributed by atoms with E-state index in [2.05, 4.69) is 15.9 Å². The van der Waals surface area contributed by atoms with Crippen LogP contribution < -0.4 is 0 Å². The number of nitrogens with zero attached hydrogens (tertiary/aromatic N) is 1. The van der Waals surface area contributed by atoms with E-state index in [-0.39, 0.29) is 11.5 Å². The molecule has 0 unspecified atom stereocenters. The maximum Gasteiger partial charge on any atom is 0.335 e. The molecule has 0 aliphatic heterocycles. The number of benzene rings is 2. The van der Waals surface area contributed by atoms with E-state index in [9.17, 15) is 9.59 Å². The third-order valence-electron chi connectivity index (χ3n) is 4.50. The molecule has 0 saturated heterocycles. The predicted octanol–water partition coefficient (Wildman–Crippen LogP) is 3.84. The molecule has 0 atom stereocenters. The molecule has 124 valence electrons. The van der Waals surface area contributed by atoms with Crippen LogP contribution in [0.4, 0.5) is 0 Å². The van der Waals surface area contributed by atoms with Gasteiger partial charge in [-0.1, -0.05) is 40.2 Å². The van der Waals surface area contributed by atoms with Crippen LogP contribution >= 0.6 is 15.9 Å². The van der Waals surface area contributed by atoms with Gasteiger partial charge >= 0.3 is 5.97 Å². The summed E-state index contributed by atoms with van der Waals surface area (Å²) in [5, 5.41) is 8.94. The van der Waals surface area contributed by atoms with Gasteiger partial charge in [0.1, 0.15) is 0 Å². The van der Waals surface area contributed by atoms with Gasteiger partial charge in [-0.15, -0.1) is 0 Å². The number of likely N-dealkylation sites (N-methyl/N-ethyl adjacent to an activating group) is 1. The molecule has 1 aliphatic carbocycles. The predicted molar refractivity (Wildman–Crippen MR) is 94.9 cm³/mol. The van der Waals surface area contributed by atoms with E-state index < -0.39 is 11.4 Å². The number of aromatic carboxylic acids is 1. The second kappa shape index (κ2) is 6.40. The number of amides is 1. The van der Waals surface area contributed by atoms with Crippen LogP contribution in [-0.2, 0) is 16.8 Å². The summed E-state index contributed by atoms with van der Waals surface area (Å²) in [6.07, 6.45) is 1.73. The van der Waals surface area contributed by atoms with Gasteiger partial charge in [-0.05, 0) is 48.2 Å². The first-order valence-electron chi connectivity index (χ1n) is 7.76. The fourth-order valence-electron chi connectivity index (χ4n) is 3.00. The van der Waals surface area contributed by atoms with Crippen LogP contribution in [0, 0.1) is 0 Å². The highest BCUT2D eigenvalue weighted by atomic mass is 79.9. The van der Waals surface area contributed by atoms with Gasteiger partial charge in [-0.25, -0.2) is 4.79 Å². The lowest BCUT2D eigenvalue weighted by Crippen LogP contribution is -2.36. The zero-order chi connectivity index (χ0) is 17.3. The van der Waals surface area contributed by atoms with Crippen LogP contribution in [0.25, 0.3) is 0 Å². The molecule has 1 aliphatic rings. The van der Waals surface area contributed by atoms with Crippen molar-refractivity contribution < 1.29 is 14.7 Å². The number of hydrogen-bond donors (Lipinski definition) is 1. The van der Waals surface area contributed by atoms with Gasteiger partial charge < -0.3 is 10.0 Å². The second-order valence-electron chi connectivity index (χ2n) is 6.26. The average molecular weight is 388 g/mol. The lowest BCUT2D eigenvalue weighted by Gasteiger charge is -2.24. The number of rotatable bonds is 5. The maximum atomic E-state index is 12.9. The Morgan fingerprint density at radius 2 is 1.83 bits per heavy atom. The van der Waals surface area contributed by atoms with Crippen LogP contribution in [0.5, 0.6) is 0 Å². The summed E-state index contributed by atoms with van der Waals surface area (Å²) in [7, 11) is 1.80. The first-order valence-corrected chi connectivity index (χ1v) is 8.55. The molecular weight excluding hydrogens is 370 g/mol. The van der Waals surface area contributed by atoms with Crippen LogP contribution in [0.15, 0.2) is 53.0 Å². The quantitative estimate of drug-likeness (QED) is 0.847. The van der Waals surface area contributed by atoms with E-state index >= 15 is 0 Å². The molecule has 4 nitrogen and oxygen atoms in total. The number of carboxylic acid groups (broad SMARTS) is 1. The summed E-state index contributed by atoms with van der Waals surface area (Å²) in [5.41, 5.74) is 1.82. The summed E-state index contributed by atoms with van der Waals surface area (Å²) in [6.45, 7) is 0.467. The molecule has 3 rings (SSSR count). The Morgan fingerprint density at radius 1 is 1.17 bits per heavy atom. The molecule has 1 fully saturated rings. The van der Waals surface area contributed by atoms with Gasteiger partial charge in [0.05, 0.1) is 11.0 Å². The Hall–Kier alpha value is -2.14. The number of carbonyl (C=O) groups excluding carboxylic acids is 1. The van der Waals surface area contributed by atoms with Crippen LogP contribution in [0.2, 0.25) is 0 Å². The molecule has 0 heterocycles. The van der Waals surface area contributed by atoms with Crippen molar-refractivity contribution in [3.05, 3.63) is 69.7 Å². The molecule has 0 radical (unpaired) electrons. The first kappa shape index (κ1) is 16.7. The number of carboxylic acids is 1. The zero-order valence-electron chi connectivity index (χ0n) is 13.3. The van der Waals surface area contributed by atoms with Crippen molar-refractivity contribution in [2.24, 2.45) is 0 Å². The van der Waals surface area contributed by atoms with Gasteiger partial charge in [0.15, 0.2) is 0 Å². The average Bonchev–Trinajstić information content (AvgIpc) is 3.36. The van der Waals surface area contributed by atoms with Crippen molar-refractivity contribution in [2.45, 2.75) is 24.8 Å². The van der Waals surface area contributed by atoms with Gasteiger partial charge in [-0.2, -0.15) is 0 Å². The lowest BCUT2D eigenvalue weighted by molar-refractivity contribution is -0.133. The van der Waals surface area contributed by atoms with E-state index in [1.807, 2.05) is 24.3 Å². The SMILES string of the molecule is CN(Cc1ccc(C(=O)O)cc1)C(=O)C1(c2cccc(Br)c2)CC1. The highest BCUT2D eigenvalue weighted by Crippen LogP contribution is 2.50. The monoisotopic (exact) mass is 387 g/mol. The largest absolute Gasteiger partial charge is 0.478 e. The standard InChI is InChI=1S/C19H18BrNO3/c1-21(12-13-5-7-14(8-6-13)17(22)23)18(24)19(9-10-19)15-3-2-4-16(20)11-15/h2-8,11H,9-10,12H2,1H3,(H,22,23). The fourth-order valence-corrected chi connectivity index (χ4v) is 3.40. The van der Waals surface area contributed by atoms with Gasteiger partial charge in [0.25, 0.3) is 0 Å². The Morgan fingerprint density at radius 3 is 2.38 bits per heavy atom. The lowest BCUT2D eigenvalue weighted by atomic mass is 9.94. The smallest absolute Gasteiger partial charge is 0.335 e. The number of halogens is 1. The number of hydrogen-bond acceptors (Lipinski definition) is 2. The van der Waals surface area contributed by atoms with Crippen LogP contribution in [0.3, 0.4) is 0 Å². The minimum atomic E-state index is -0.947. The summed E-state index contributed by atoms with van der Waals surface area (Å²) < 4.78 is 0.978. The number of carbonyl (C=O) groups is 2. The zero-order valence-corrected chi connectivity index (χ0v) is 14.9. The van der Waals surface area contributed by atoms with E-state index in [0.29, 0.717) is 6.54 Å². The molecule has 0 bridgehead atoms. The van der Waals surface area contributed by atoms with E-state index in [0.717, 1.165) is 28.4 Å². The van der Waals surface area contributed by atoms with Crippen LogP contribution in [0.1, 0.15) is 34.3 Å². The Bertz CT molecular complexity index is 781. The molecule has 2 aromatic rings. The van der Waals surface area contributed by atoms with Gasteiger partial charge in [0.2, 0.25) is 5.91 Å². The van der Waals surface area contributed by atoms with Gasteiger partial charge in [-0.3, -0.25) is 4.79 Å². The Labute approximate surface area is 149 Å². The van der Waals surface area contributed by atoms with Crippen molar-refractivity contribution in [1.82, 2.24) is 4.90 Å². The van der Waals surface area contributed by atoms with E-state index in [1.165, 1.54) is 0 Å². The molecule has 0 spiro atoms. The normalized spacial score (nSPS) is 14.9. The minimum Gasteiger partial charge on any atom is -0.478 e. The Balaban J connectivity index is 1.74. The minimum absolute atomic E-state index is 0.114. The van der Waals surface area contributed by atoms with Crippen molar-refractivity contribution in [3.63, 3.8) is 0 Å². The molecule has 24 heavy (non-hydrogen) atoms. The van der Waals surface area contributed by atoms with Crippen LogP contribution in [-0.4, -0.2) is 28.9 Å². The van der Waals surface area contributed by atoms with Crippen molar-refractivity contribution in [3.8, 4) is 0 Å². The van der Waals surface area contributed by atoms with E-state index in [1.54, 1.807) is 36.2 Å². The molecule has 1 amide bonds. The molecule has 0 aromatic heterocycles. The summed E-state index contributed by atoms with van der Waals surface area (Å²) >= 11 is 3.47. The Kier molecular flexibility index (Phi) is 4.45. The first-order chi connectivity index (χ1) is 11.4. The van der Waals surface area contributed by atoms with Gasteiger partial charge in [0, 0.05) is 18.1 Å². The molecule has 1 saturated carbocycles. The fraction of sp³-hybridized carbons (Fsp3) is 0.263. The molecule has 5 heteroatoms.